The third-order valence-corrected chi connectivity index (χ3v) is 1.98. The average Bonchev–Trinajstić information content (AvgIpc) is 2.17. The van der Waals surface area contributed by atoms with Crippen molar-refractivity contribution >= 4 is 0 Å². The molecule has 0 aliphatic heterocycles. The fraction of sp³-hybridized carbons (Fsp3) is 0. The molecule has 2 nitrogen and oxygen atoms in total. The van der Waals surface area contributed by atoms with Gasteiger partial charge in [0.1, 0.15) is 17.4 Å². The van der Waals surface area contributed by atoms with Crippen molar-refractivity contribution in [1.29, 1.82) is 0 Å². The maximum atomic E-state index is 13.3. The molecule has 76 valence electrons. The van der Waals surface area contributed by atoms with Crippen LogP contribution in [0.25, 0.3) is 11.1 Å². The maximum absolute atomic E-state index is 13.3. The van der Waals surface area contributed by atoms with E-state index in [9.17, 15) is 8.78 Å². The molecule has 15 heavy (non-hydrogen) atoms. The monoisotopic (exact) mass is 207 g/mol. The van der Waals surface area contributed by atoms with Crippen molar-refractivity contribution in [3.05, 3.63) is 48.3 Å². The zero-order valence-corrected chi connectivity index (χ0v) is 7.61. The lowest BCUT2D eigenvalue weighted by Gasteiger charge is -2.04. The molecule has 0 spiro atoms. The van der Waals surface area contributed by atoms with Crippen LogP contribution >= 0.6 is 0 Å². The maximum Gasteiger partial charge on any atom is 0.134 e. The van der Waals surface area contributed by atoms with E-state index in [1.54, 1.807) is 0 Å². The zero-order chi connectivity index (χ0) is 10.8. The van der Waals surface area contributed by atoms with E-state index in [1.165, 1.54) is 24.5 Å². The molecular weight excluding hydrogens is 200 g/mol. The molecular formula is C11H7F2NO. The summed E-state index contributed by atoms with van der Waals surface area (Å²) in [4.78, 5) is 3.66. The standard InChI is InChI=1S/C11H7F2NO/c12-9-2-1-3-10(13)11(9)7-4-8(15)6-14-5-7/h1-6,15H. The second kappa shape index (κ2) is 3.65. The number of rotatable bonds is 1. The lowest BCUT2D eigenvalue weighted by molar-refractivity contribution is 0.473. The van der Waals surface area contributed by atoms with E-state index >= 15 is 0 Å². The Labute approximate surface area is 84.8 Å². The van der Waals surface area contributed by atoms with Gasteiger partial charge in [-0.2, -0.15) is 0 Å². The van der Waals surface area contributed by atoms with Gasteiger partial charge in [0.15, 0.2) is 0 Å². The van der Waals surface area contributed by atoms with Crippen LogP contribution < -0.4 is 0 Å². The molecule has 0 amide bonds. The number of aromatic nitrogens is 1. The van der Waals surface area contributed by atoms with E-state index in [0.717, 1.165) is 12.1 Å². The van der Waals surface area contributed by atoms with Crippen molar-refractivity contribution in [1.82, 2.24) is 4.98 Å². The molecule has 1 N–H and O–H groups in total. The topological polar surface area (TPSA) is 33.1 Å². The first-order valence-corrected chi connectivity index (χ1v) is 4.27. The smallest absolute Gasteiger partial charge is 0.134 e. The summed E-state index contributed by atoms with van der Waals surface area (Å²) < 4.78 is 26.6. The highest BCUT2D eigenvalue weighted by atomic mass is 19.1. The van der Waals surface area contributed by atoms with Crippen LogP contribution in [0.15, 0.2) is 36.7 Å². The normalized spacial score (nSPS) is 10.3. The van der Waals surface area contributed by atoms with E-state index in [-0.39, 0.29) is 16.9 Å². The van der Waals surface area contributed by atoms with Gasteiger partial charge in [-0.25, -0.2) is 8.78 Å². The zero-order valence-electron chi connectivity index (χ0n) is 7.61. The molecule has 0 aliphatic rings. The molecule has 0 bridgehead atoms. The van der Waals surface area contributed by atoms with Crippen molar-refractivity contribution in [2.45, 2.75) is 0 Å². The predicted molar refractivity (Wildman–Crippen MR) is 51.3 cm³/mol. The van der Waals surface area contributed by atoms with Crippen LogP contribution in [-0.4, -0.2) is 10.1 Å². The third-order valence-electron chi connectivity index (χ3n) is 1.98. The highest BCUT2D eigenvalue weighted by Gasteiger charge is 2.11. The molecule has 0 radical (unpaired) electrons. The molecule has 2 aromatic rings. The highest BCUT2D eigenvalue weighted by molar-refractivity contribution is 5.65. The van der Waals surface area contributed by atoms with Crippen molar-refractivity contribution in [2.24, 2.45) is 0 Å². The van der Waals surface area contributed by atoms with Gasteiger partial charge in [-0.1, -0.05) is 6.07 Å². The lowest BCUT2D eigenvalue weighted by Crippen LogP contribution is -1.89. The average molecular weight is 207 g/mol. The van der Waals surface area contributed by atoms with E-state index in [0.29, 0.717) is 0 Å². The Morgan fingerprint density at radius 3 is 2.33 bits per heavy atom. The van der Waals surface area contributed by atoms with E-state index < -0.39 is 11.6 Å². The molecule has 0 fully saturated rings. The molecule has 1 heterocycles. The molecule has 0 saturated carbocycles. The first-order valence-electron chi connectivity index (χ1n) is 4.27. The number of nitrogens with zero attached hydrogens (tertiary/aromatic N) is 1. The van der Waals surface area contributed by atoms with Gasteiger partial charge in [0.05, 0.1) is 11.8 Å². The molecule has 0 aliphatic carbocycles. The van der Waals surface area contributed by atoms with E-state index in [1.807, 2.05) is 0 Å². The number of aromatic hydroxyl groups is 1. The number of halogens is 2. The lowest BCUT2D eigenvalue weighted by atomic mass is 10.1. The summed E-state index contributed by atoms with van der Waals surface area (Å²) in [6.45, 7) is 0. The first kappa shape index (κ1) is 9.58. The Hall–Kier alpha value is -1.97. The van der Waals surface area contributed by atoms with Crippen LogP contribution in [0.5, 0.6) is 5.75 Å². The molecule has 2 rings (SSSR count). The summed E-state index contributed by atoms with van der Waals surface area (Å²) >= 11 is 0. The Morgan fingerprint density at radius 1 is 1.07 bits per heavy atom. The number of hydrogen-bond acceptors (Lipinski definition) is 2. The van der Waals surface area contributed by atoms with Gasteiger partial charge in [-0.15, -0.1) is 0 Å². The number of benzene rings is 1. The molecule has 0 saturated heterocycles. The predicted octanol–water partition coefficient (Wildman–Crippen LogP) is 2.73. The van der Waals surface area contributed by atoms with Crippen molar-refractivity contribution in [2.75, 3.05) is 0 Å². The van der Waals surface area contributed by atoms with Crippen molar-refractivity contribution < 1.29 is 13.9 Å². The fourth-order valence-electron chi connectivity index (χ4n) is 1.34. The quantitative estimate of drug-likeness (QED) is 0.779. The summed E-state index contributed by atoms with van der Waals surface area (Å²) in [6.07, 6.45) is 2.49. The fourth-order valence-corrected chi connectivity index (χ4v) is 1.34. The summed E-state index contributed by atoms with van der Waals surface area (Å²) in [7, 11) is 0. The second-order valence-corrected chi connectivity index (χ2v) is 3.03. The minimum atomic E-state index is -0.678. The van der Waals surface area contributed by atoms with Gasteiger partial charge < -0.3 is 5.11 Å². The first-order chi connectivity index (χ1) is 7.18. The van der Waals surface area contributed by atoms with Crippen molar-refractivity contribution in [3.63, 3.8) is 0 Å². The summed E-state index contributed by atoms with van der Waals surface area (Å²) in [5.74, 6) is -1.49. The van der Waals surface area contributed by atoms with Gasteiger partial charge >= 0.3 is 0 Å². The van der Waals surface area contributed by atoms with E-state index in [2.05, 4.69) is 4.98 Å². The molecule has 0 unspecified atom stereocenters. The third kappa shape index (κ3) is 1.79. The van der Waals surface area contributed by atoms with Crippen LogP contribution in [-0.2, 0) is 0 Å². The van der Waals surface area contributed by atoms with Gasteiger partial charge in [-0.05, 0) is 18.2 Å². The second-order valence-electron chi connectivity index (χ2n) is 3.03. The van der Waals surface area contributed by atoms with Crippen LogP contribution in [0.1, 0.15) is 0 Å². The SMILES string of the molecule is Oc1cncc(-c2c(F)cccc2F)c1. The Morgan fingerprint density at radius 2 is 1.73 bits per heavy atom. The Kier molecular flexibility index (Phi) is 2.33. The van der Waals surface area contributed by atoms with Crippen molar-refractivity contribution in [3.8, 4) is 16.9 Å². The minimum absolute atomic E-state index is 0.129. The van der Waals surface area contributed by atoms with Gasteiger partial charge in [0.2, 0.25) is 0 Å². The largest absolute Gasteiger partial charge is 0.506 e. The molecule has 0 atom stereocenters. The molecule has 1 aromatic carbocycles. The number of hydrogen-bond donors (Lipinski definition) is 1. The minimum Gasteiger partial charge on any atom is -0.506 e. The summed E-state index contributed by atoms with van der Waals surface area (Å²) in [5, 5.41) is 9.15. The molecule has 1 aromatic heterocycles. The van der Waals surface area contributed by atoms with Gasteiger partial charge in [-0.3, -0.25) is 4.98 Å². The van der Waals surface area contributed by atoms with Crippen LogP contribution in [0, 0.1) is 11.6 Å². The number of pyridine rings is 1. The summed E-state index contributed by atoms with van der Waals surface area (Å²) in [5.41, 5.74) is 0.0338. The van der Waals surface area contributed by atoms with Gasteiger partial charge in [0.25, 0.3) is 0 Å². The van der Waals surface area contributed by atoms with Gasteiger partial charge in [0, 0.05) is 11.8 Å². The summed E-state index contributed by atoms with van der Waals surface area (Å²) in [6, 6.07) is 4.85. The van der Waals surface area contributed by atoms with Crippen LogP contribution in [0.3, 0.4) is 0 Å². The highest BCUT2D eigenvalue weighted by Crippen LogP contribution is 2.27. The van der Waals surface area contributed by atoms with Crippen LogP contribution in [0.4, 0.5) is 8.78 Å². The Bertz CT molecular complexity index is 479. The molecule has 4 heteroatoms. The van der Waals surface area contributed by atoms with E-state index in [4.69, 9.17) is 5.11 Å². The van der Waals surface area contributed by atoms with Crippen LogP contribution in [0.2, 0.25) is 0 Å². The Balaban J connectivity index is 2.63.